The van der Waals surface area contributed by atoms with Gasteiger partial charge in [0.1, 0.15) is 17.3 Å². The third-order valence-corrected chi connectivity index (χ3v) is 6.63. The van der Waals surface area contributed by atoms with Gasteiger partial charge in [-0.05, 0) is 49.6 Å². The van der Waals surface area contributed by atoms with Crippen molar-refractivity contribution in [1.82, 2.24) is 9.80 Å². The van der Waals surface area contributed by atoms with E-state index in [1.807, 2.05) is 13.8 Å². The molecule has 1 unspecified atom stereocenters. The van der Waals surface area contributed by atoms with E-state index in [0.29, 0.717) is 37.6 Å². The minimum atomic E-state index is -1.01. The second-order valence-electron chi connectivity index (χ2n) is 9.15. The van der Waals surface area contributed by atoms with Crippen molar-refractivity contribution in [3.63, 3.8) is 0 Å². The number of likely N-dealkylation sites (tertiary alicyclic amines) is 1. The molecule has 7 nitrogen and oxygen atoms in total. The number of carbonyl (C=O) groups excluding carboxylic acids is 2. The van der Waals surface area contributed by atoms with E-state index < -0.39 is 23.5 Å². The Morgan fingerprint density at radius 1 is 1.14 bits per heavy atom. The zero-order chi connectivity index (χ0) is 25.7. The van der Waals surface area contributed by atoms with E-state index in [-0.39, 0.29) is 23.4 Å². The highest BCUT2D eigenvalue weighted by atomic mass is 19.1. The van der Waals surface area contributed by atoms with Crippen LogP contribution in [-0.2, 0) is 14.3 Å². The Morgan fingerprint density at radius 2 is 1.89 bits per heavy atom. The summed E-state index contributed by atoms with van der Waals surface area (Å²) in [5.41, 5.74) is 1.25. The van der Waals surface area contributed by atoms with Gasteiger partial charge < -0.3 is 19.5 Å². The number of amides is 1. The molecule has 8 heteroatoms. The molecule has 1 amide bonds. The molecule has 192 valence electrons. The van der Waals surface area contributed by atoms with Crippen LogP contribution in [0.5, 0.6) is 5.75 Å². The molecular formula is C28H33FN2O5. The summed E-state index contributed by atoms with van der Waals surface area (Å²) in [4.78, 5) is 29.9. The largest absolute Gasteiger partial charge is 0.507 e. The highest BCUT2D eigenvalue weighted by molar-refractivity contribution is 6.46. The predicted octanol–water partition coefficient (Wildman–Crippen LogP) is 4.07. The molecule has 2 fully saturated rings. The van der Waals surface area contributed by atoms with Crippen LogP contribution >= 0.6 is 0 Å². The zero-order valence-electron chi connectivity index (χ0n) is 20.8. The molecule has 2 aromatic rings. The number of halogens is 1. The predicted molar refractivity (Wildman–Crippen MR) is 134 cm³/mol. The molecule has 1 atom stereocenters. The first kappa shape index (κ1) is 25.9. The summed E-state index contributed by atoms with van der Waals surface area (Å²) in [6, 6.07) is 10.2. The molecule has 2 aromatic carbocycles. The Kier molecular flexibility index (Phi) is 8.38. The van der Waals surface area contributed by atoms with Crippen molar-refractivity contribution in [2.75, 3.05) is 46.0 Å². The number of benzene rings is 2. The number of Topliss-reactive ketones (excluding diaryl/α,β-unsaturated/α-hetero) is 1. The topological polar surface area (TPSA) is 79.3 Å². The molecule has 0 spiro atoms. The quantitative estimate of drug-likeness (QED) is 0.320. The van der Waals surface area contributed by atoms with E-state index in [4.69, 9.17) is 9.47 Å². The smallest absolute Gasteiger partial charge is 0.295 e. The summed E-state index contributed by atoms with van der Waals surface area (Å²) in [6.07, 6.45) is 1.47. The van der Waals surface area contributed by atoms with Gasteiger partial charge in [0.05, 0.1) is 31.4 Å². The van der Waals surface area contributed by atoms with Crippen LogP contribution in [0.3, 0.4) is 0 Å². The Balaban J connectivity index is 1.67. The lowest BCUT2D eigenvalue weighted by Gasteiger charge is -2.29. The highest BCUT2D eigenvalue weighted by Gasteiger charge is 2.46. The van der Waals surface area contributed by atoms with Gasteiger partial charge in [0.15, 0.2) is 0 Å². The van der Waals surface area contributed by atoms with Crippen LogP contribution in [-0.4, -0.2) is 72.6 Å². The number of nitrogens with zero attached hydrogens (tertiary/aromatic N) is 2. The number of carbonyl (C=O) groups is 2. The van der Waals surface area contributed by atoms with Crippen molar-refractivity contribution in [3.05, 3.63) is 70.5 Å². The number of rotatable bonds is 9. The molecule has 4 rings (SSSR count). The standard InChI is InChI=1S/C28H33FN2O5/c1-3-15-36-23-10-9-20(18-19(23)2)26(32)24-25(21-7-4-5-8-22(21)29)31(28(34)27(24)33)12-6-11-30-13-16-35-17-14-30/h4-5,7-10,18,25,32H,3,6,11-17H2,1-2H3. The molecule has 2 aliphatic heterocycles. The maximum atomic E-state index is 15.0. The third kappa shape index (κ3) is 5.44. The van der Waals surface area contributed by atoms with Gasteiger partial charge in [0.25, 0.3) is 11.7 Å². The lowest BCUT2D eigenvalue weighted by Crippen LogP contribution is -2.39. The number of aliphatic hydroxyl groups excluding tert-OH is 1. The SMILES string of the molecule is CCCOc1ccc(C(O)=C2C(=O)C(=O)N(CCCN3CCOCC3)C2c2ccccc2F)cc1C. The number of hydrogen-bond donors (Lipinski definition) is 1. The number of hydrogen-bond acceptors (Lipinski definition) is 6. The Morgan fingerprint density at radius 3 is 2.58 bits per heavy atom. The van der Waals surface area contributed by atoms with Gasteiger partial charge in [-0.3, -0.25) is 14.5 Å². The van der Waals surface area contributed by atoms with Gasteiger partial charge in [0, 0.05) is 37.3 Å². The Bertz CT molecular complexity index is 1140. The number of aryl methyl sites for hydroxylation is 1. The number of aliphatic hydroxyl groups is 1. The van der Waals surface area contributed by atoms with Crippen molar-refractivity contribution in [2.45, 2.75) is 32.7 Å². The van der Waals surface area contributed by atoms with Crippen molar-refractivity contribution >= 4 is 17.4 Å². The van der Waals surface area contributed by atoms with Crippen LogP contribution < -0.4 is 4.74 Å². The third-order valence-electron chi connectivity index (χ3n) is 6.63. The zero-order valence-corrected chi connectivity index (χ0v) is 20.8. The molecule has 0 radical (unpaired) electrons. The second kappa shape index (κ2) is 11.7. The summed E-state index contributed by atoms with van der Waals surface area (Å²) in [5, 5.41) is 11.3. The van der Waals surface area contributed by atoms with E-state index in [0.717, 1.165) is 31.6 Å². The molecule has 36 heavy (non-hydrogen) atoms. The summed E-state index contributed by atoms with van der Waals surface area (Å²) >= 11 is 0. The highest BCUT2D eigenvalue weighted by Crippen LogP contribution is 2.40. The van der Waals surface area contributed by atoms with Crippen molar-refractivity contribution < 1.29 is 28.6 Å². The van der Waals surface area contributed by atoms with Crippen LogP contribution in [0, 0.1) is 12.7 Å². The summed E-state index contributed by atoms with van der Waals surface area (Å²) in [6.45, 7) is 8.38. The first-order chi connectivity index (χ1) is 17.4. The van der Waals surface area contributed by atoms with Crippen molar-refractivity contribution in [1.29, 1.82) is 0 Å². The van der Waals surface area contributed by atoms with Crippen LogP contribution in [0.4, 0.5) is 4.39 Å². The molecule has 0 bridgehead atoms. The fourth-order valence-corrected chi connectivity index (χ4v) is 4.75. The average molecular weight is 497 g/mol. The van der Waals surface area contributed by atoms with Gasteiger partial charge in [-0.15, -0.1) is 0 Å². The van der Waals surface area contributed by atoms with Crippen LogP contribution in [0.15, 0.2) is 48.0 Å². The number of ether oxygens (including phenoxy) is 2. The van der Waals surface area contributed by atoms with Crippen LogP contribution in [0.25, 0.3) is 5.76 Å². The fourth-order valence-electron chi connectivity index (χ4n) is 4.75. The lowest BCUT2D eigenvalue weighted by atomic mass is 9.94. The summed E-state index contributed by atoms with van der Waals surface area (Å²) in [5.74, 6) is -1.71. The minimum absolute atomic E-state index is 0.0990. The fraction of sp³-hybridized carbons (Fsp3) is 0.429. The molecule has 0 saturated carbocycles. The van der Waals surface area contributed by atoms with Crippen LogP contribution in [0.2, 0.25) is 0 Å². The van der Waals surface area contributed by atoms with Crippen molar-refractivity contribution in [2.24, 2.45) is 0 Å². The van der Waals surface area contributed by atoms with Gasteiger partial charge in [-0.1, -0.05) is 25.1 Å². The maximum absolute atomic E-state index is 15.0. The summed E-state index contributed by atoms with van der Waals surface area (Å²) < 4.78 is 26.1. The molecule has 2 aliphatic rings. The first-order valence-electron chi connectivity index (χ1n) is 12.5. The first-order valence-corrected chi connectivity index (χ1v) is 12.5. The maximum Gasteiger partial charge on any atom is 0.295 e. The lowest BCUT2D eigenvalue weighted by molar-refractivity contribution is -0.140. The van der Waals surface area contributed by atoms with Gasteiger partial charge in [0.2, 0.25) is 0 Å². The molecular weight excluding hydrogens is 463 g/mol. The van der Waals surface area contributed by atoms with E-state index in [1.54, 1.807) is 36.4 Å². The normalized spacial score (nSPS) is 20.2. The molecule has 2 saturated heterocycles. The van der Waals surface area contributed by atoms with Gasteiger partial charge in [-0.25, -0.2) is 4.39 Å². The monoisotopic (exact) mass is 496 g/mol. The van der Waals surface area contributed by atoms with E-state index in [9.17, 15) is 19.1 Å². The Hall–Kier alpha value is -3.23. The van der Waals surface area contributed by atoms with E-state index >= 15 is 0 Å². The van der Waals surface area contributed by atoms with Crippen molar-refractivity contribution in [3.8, 4) is 5.75 Å². The number of ketones is 1. The number of morpholine rings is 1. The molecule has 0 aliphatic carbocycles. The Labute approximate surface area is 211 Å². The van der Waals surface area contributed by atoms with Crippen LogP contribution in [0.1, 0.15) is 42.5 Å². The minimum Gasteiger partial charge on any atom is -0.507 e. The van der Waals surface area contributed by atoms with E-state index in [2.05, 4.69) is 4.90 Å². The molecule has 1 N–H and O–H groups in total. The average Bonchev–Trinajstić information content (AvgIpc) is 3.13. The molecule has 2 heterocycles. The second-order valence-corrected chi connectivity index (χ2v) is 9.15. The molecule has 0 aromatic heterocycles. The summed E-state index contributed by atoms with van der Waals surface area (Å²) in [7, 11) is 0. The van der Waals surface area contributed by atoms with E-state index in [1.165, 1.54) is 11.0 Å². The van der Waals surface area contributed by atoms with Gasteiger partial charge in [-0.2, -0.15) is 0 Å². The van der Waals surface area contributed by atoms with Gasteiger partial charge >= 0.3 is 0 Å².